The number of hydrogen-bond donors (Lipinski definition) is 4. The summed E-state index contributed by atoms with van der Waals surface area (Å²) in [5.41, 5.74) is 0. The molecule has 0 saturated heterocycles. The second-order valence-electron chi connectivity index (χ2n) is 3.68. The van der Waals surface area contributed by atoms with Crippen LogP contribution in [0.25, 0.3) is 0 Å². The molecule has 8 nitrogen and oxygen atoms in total. The third kappa shape index (κ3) is 84.1. The molecule has 0 bridgehead atoms. The molecule has 0 aromatic carbocycles. The van der Waals surface area contributed by atoms with E-state index in [1.165, 1.54) is 0 Å². The number of ether oxygens (including phenoxy) is 4. The van der Waals surface area contributed by atoms with Crippen molar-refractivity contribution in [3.63, 3.8) is 0 Å². The topological polar surface area (TPSA) is 118 Å². The molecule has 0 atom stereocenters. The quantitative estimate of drug-likeness (QED) is 0.256. The standard InChI is InChI=1S/4C4H10O2.2Zr/c4*1-2-6-4-3-5;;/h4*5H,2-4H2,1H3;;. The van der Waals surface area contributed by atoms with Gasteiger partial charge in [-0.1, -0.05) is 0 Å². The fourth-order valence-corrected chi connectivity index (χ4v) is 0.836. The Morgan fingerprint density at radius 2 is 0.577 bits per heavy atom. The molecule has 4 N–H and O–H groups in total. The van der Waals surface area contributed by atoms with Crippen LogP contribution in [0.15, 0.2) is 0 Å². The van der Waals surface area contributed by atoms with Crippen molar-refractivity contribution in [2.75, 3.05) is 79.3 Å². The first-order valence-corrected chi connectivity index (χ1v) is 8.40. The summed E-state index contributed by atoms with van der Waals surface area (Å²) in [6.45, 7) is 12.8. The van der Waals surface area contributed by atoms with Gasteiger partial charge in [-0.2, -0.15) is 0 Å². The van der Waals surface area contributed by atoms with Gasteiger partial charge in [0.15, 0.2) is 0 Å². The molecular formula is C16H40O8Zr2. The van der Waals surface area contributed by atoms with Crippen molar-refractivity contribution < 1.29 is 91.8 Å². The molecule has 0 aromatic rings. The van der Waals surface area contributed by atoms with E-state index < -0.39 is 0 Å². The molecule has 0 aliphatic heterocycles. The Hall–Kier alpha value is 1.45. The molecule has 0 aromatic heterocycles. The Morgan fingerprint density at radius 1 is 0.423 bits per heavy atom. The van der Waals surface area contributed by atoms with Crippen LogP contribution in [0.2, 0.25) is 0 Å². The second-order valence-corrected chi connectivity index (χ2v) is 3.68. The normalized spacial score (nSPS) is 8.31. The van der Waals surface area contributed by atoms with Crippen LogP contribution in [0.4, 0.5) is 0 Å². The number of hydrogen-bond acceptors (Lipinski definition) is 8. The minimum atomic E-state index is 0. The predicted octanol–water partition coefficient (Wildman–Crippen LogP) is 0.0558. The van der Waals surface area contributed by atoms with E-state index in [0.717, 1.165) is 0 Å². The molecule has 0 saturated carbocycles. The molecule has 0 aliphatic rings. The molecule has 0 spiro atoms. The Kier molecular flexibility index (Phi) is 90.3. The molecule has 0 radical (unpaired) electrons. The smallest absolute Gasteiger partial charge is 0.0697 e. The van der Waals surface area contributed by atoms with E-state index in [1.807, 2.05) is 27.7 Å². The minimum Gasteiger partial charge on any atom is -0.394 e. The van der Waals surface area contributed by atoms with Gasteiger partial charge >= 0.3 is 0 Å². The van der Waals surface area contributed by atoms with Gasteiger partial charge in [0, 0.05) is 78.8 Å². The fraction of sp³-hybridized carbons (Fsp3) is 1.00. The van der Waals surface area contributed by atoms with Crippen LogP contribution in [0.3, 0.4) is 0 Å². The number of aliphatic hydroxyl groups excluding tert-OH is 4. The van der Waals surface area contributed by atoms with E-state index in [-0.39, 0.29) is 78.8 Å². The first-order valence-electron chi connectivity index (χ1n) is 8.40. The molecule has 10 heteroatoms. The van der Waals surface area contributed by atoms with Gasteiger partial charge in [-0.05, 0) is 27.7 Å². The van der Waals surface area contributed by atoms with E-state index in [4.69, 9.17) is 39.4 Å². The van der Waals surface area contributed by atoms with Crippen LogP contribution < -0.4 is 0 Å². The van der Waals surface area contributed by atoms with Crippen LogP contribution in [-0.2, 0) is 71.4 Å². The van der Waals surface area contributed by atoms with Crippen molar-refractivity contribution in [1.29, 1.82) is 0 Å². The van der Waals surface area contributed by atoms with Crippen LogP contribution >= 0.6 is 0 Å². The third-order valence-electron chi connectivity index (χ3n) is 1.76. The molecule has 0 rings (SSSR count). The van der Waals surface area contributed by atoms with Crippen molar-refractivity contribution in [3.8, 4) is 0 Å². The number of aliphatic hydroxyl groups is 4. The third-order valence-corrected chi connectivity index (χ3v) is 1.76. The summed E-state index contributed by atoms with van der Waals surface area (Å²) in [6, 6.07) is 0. The molecule has 0 unspecified atom stereocenters. The summed E-state index contributed by atoms with van der Waals surface area (Å²) in [4.78, 5) is 0. The van der Waals surface area contributed by atoms with Gasteiger partial charge in [0.2, 0.25) is 0 Å². The zero-order chi connectivity index (χ0) is 19.3. The van der Waals surface area contributed by atoms with Gasteiger partial charge in [-0.25, -0.2) is 0 Å². The van der Waals surface area contributed by atoms with Gasteiger partial charge in [0.05, 0.1) is 52.9 Å². The van der Waals surface area contributed by atoms with Crippen molar-refractivity contribution in [2.45, 2.75) is 27.7 Å². The van der Waals surface area contributed by atoms with Gasteiger partial charge in [-0.15, -0.1) is 0 Å². The summed E-state index contributed by atoms with van der Waals surface area (Å²) in [6.07, 6.45) is 0. The maximum absolute atomic E-state index is 8.07. The molecule has 0 heterocycles. The molecule has 0 amide bonds. The van der Waals surface area contributed by atoms with Crippen molar-refractivity contribution >= 4 is 0 Å². The average molecular weight is 543 g/mol. The van der Waals surface area contributed by atoms with Gasteiger partial charge in [0.1, 0.15) is 0 Å². The maximum atomic E-state index is 8.07. The zero-order valence-corrected chi connectivity index (χ0v) is 21.8. The Labute approximate surface area is 197 Å². The first kappa shape index (κ1) is 41.7. The van der Waals surface area contributed by atoms with E-state index in [0.29, 0.717) is 52.9 Å². The van der Waals surface area contributed by atoms with Gasteiger partial charge in [0.25, 0.3) is 0 Å². The summed E-state index contributed by atoms with van der Waals surface area (Å²) in [5.74, 6) is 0. The molecule has 26 heavy (non-hydrogen) atoms. The Morgan fingerprint density at radius 3 is 0.615 bits per heavy atom. The second kappa shape index (κ2) is 56.3. The summed E-state index contributed by atoms with van der Waals surface area (Å²) < 4.78 is 18.9. The fourth-order valence-electron chi connectivity index (χ4n) is 0.836. The van der Waals surface area contributed by atoms with Crippen molar-refractivity contribution in [2.24, 2.45) is 0 Å². The summed E-state index contributed by atoms with van der Waals surface area (Å²) >= 11 is 0. The van der Waals surface area contributed by atoms with E-state index in [1.54, 1.807) is 0 Å². The summed E-state index contributed by atoms with van der Waals surface area (Å²) in [5, 5.41) is 32.3. The monoisotopic (exact) mass is 540 g/mol. The van der Waals surface area contributed by atoms with Crippen molar-refractivity contribution in [1.82, 2.24) is 0 Å². The van der Waals surface area contributed by atoms with Crippen LogP contribution in [0.1, 0.15) is 27.7 Å². The van der Waals surface area contributed by atoms with E-state index in [9.17, 15) is 0 Å². The molecule has 160 valence electrons. The Bertz CT molecular complexity index is 112. The van der Waals surface area contributed by atoms with Crippen LogP contribution in [0.5, 0.6) is 0 Å². The first-order chi connectivity index (χ1) is 11.7. The maximum Gasteiger partial charge on any atom is 0.0697 e. The predicted molar refractivity (Wildman–Crippen MR) is 94.3 cm³/mol. The van der Waals surface area contributed by atoms with Crippen molar-refractivity contribution in [3.05, 3.63) is 0 Å². The Balaban J connectivity index is -0.0000000500. The van der Waals surface area contributed by atoms with Crippen LogP contribution in [-0.4, -0.2) is 99.7 Å². The molecular weight excluding hydrogens is 503 g/mol. The molecule has 0 aliphatic carbocycles. The molecule has 0 fully saturated rings. The van der Waals surface area contributed by atoms with E-state index >= 15 is 0 Å². The SMILES string of the molecule is CCOCCO.CCOCCO.CCOCCO.CCOCCO.[Zr].[Zr]. The van der Waals surface area contributed by atoms with E-state index in [2.05, 4.69) is 0 Å². The van der Waals surface area contributed by atoms with Gasteiger partial charge in [-0.3, -0.25) is 0 Å². The average Bonchev–Trinajstić information content (AvgIpc) is 2.62. The van der Waals surface area contributed by atoms with Crippen LogP contribution in [0, 0.1) is 0 Å². The van der Waals surface area contributed by atoms with Gasteiger partial charge < -0.3 is 39.4 Å². The number of rotatable bonds is 12. The summed E-state index contributed by atoms with van der Waals surface area (Å²) in [7, 11) is 0. The largest absolute Gasteiger partial charge is 0.394 e. The minimum absolute atomic E-state index is 0. The zero-order valence-electron chi connectivity index (χ0n) is 16.9.